The molecular formula is C7H15ClN7OPt+. The van der Waals surface area contributed by atoms with Gasteiger partial charge in [-0.1, -0.05) is 0 Å². The van der Waals surface area contributed by atoms with Gasteiger partial charge in [0.15, 0.2) is 11.2 Å². The van der Waals surface area contributed by atoms with Crippen molar-refractivity contribution in [2.45, 2.75) is 13.5 Å². The van der Waals surface area contributed by atoms with Gasteiger partial charge in [-0.25, -0.2) is 4.98 Å². The van der Waals surface area contributed by atoms with E-state index in [0.29, 0.717) is 17.7 Å². The van der Waals surface area contributed by atoms with Crippen LogP contribution in [0.4, 0.5) is 5.95 Å². The third-order valence-corrected chi connectivity index (χ3v) is 1.83. The molecule has 0 aliphatic carbocycles. The monoisotopic (exact) mass is 443 g/mol. The molecule has 0 aliphatic rings. The molecule has 100 valence electrons. The summed E-state index contributed by atoms with van der Waals surface area (Å²) in [6, 6.07) is 0. The molecule has 0 saturated carbocycles. The van der Waals surface area contributed by atoms with E-state index >= 15 is 0 Å². The van der Waals surface area contributed by atoms with Crippen LogP contribution in [0.3, 0.4) is 0 Å². The molecule has 2 rings (SSSR count). The molecule has 8 nitrogen and oxygen atoms in total. The standard InChI is InChI=1S/C7H9N5O.ClH.2H3N.Pt/c1-2-12-3-9-4-5(12)10-7(8)11-6(4)13;;;;/h3H,2H2,1H3,(H3,8,10,11,13);1H;2*1H3;/q;;;;+2/p-1. The van der Waals surface area contributed by atoms with E-state index in [9.17, 15) is 4.79 Å². The summed E-state index contributed by atoms with van der Waals surface area (Å²) in [6.45, 7) is 2.66. The summed E-state index contributed by atoms with van der Waals surface area (Å²) >= 11 is 1.61. The number of rotatable bonds is 1. The molecule has 0 bridgehead atoms. The molecule has 0 fully saturated rings. The van der Waals surface area contributed by atoms with Crippen molar-refractivity contribution in [1.82, 2.24) is 31.8 Å². The van der Waals surface area contributed by atoms with E-state index in [-0.39, 0.29) is 23.8 Å². The molecular weight excluding hydrogens is 429 g/mol. The first-order valence-corrected chi connectivity index (χ1v) is 6.86. The maximum absolute atomic E-state index is 11.3. The quantitative estimate of drug-likeness (QED) is 0.508. The number of hydrogen-bond donors (Lipinski definition) is 4. The number of nitrogens with zero attached hydrogens (tertiary/aromatic N) is 3. The van der Waals surface area contributed by atoms with Gasteiger partial charge in [-0.15, -0.1) is 0 Å². The summed E-state index contributed by atoms with van der Waals surface area (Å²) in [7, 11) is 4.61. The van der Waals surface area contributed by atoms with E-state index in [1.165, 1.54) is 0 Å². The Balaban J connectivity index is 0. The molecule has 0 radical (unpaired) electrons. The fourth-order valence-electron chi connectivity index (χ4n) is 1.20. The summed E-state index contributed by atoms with van der Waals surface area (Å²) in [5, 5.41) is 0. The van der Waals surface area contributed by atoms with E-state index in [0.717, 1.165) is 0 Å². The maximum atomic E-state index is 11.3. The second-order valence-electron chi connectivity index (χ2n) is 2.65. The zero-order chi connectivity index (χ0) is 11.4. The van der Waals surface area contributed by atoms with E-state index in [1.54, 1.807) is 29.7 Å². The fraction of sp³-hybridized carbons (Fsp3) is 0.286. The number of nitrogens with two attached hydrogens (primary N) is 1. The van der Waals surface area contributed by atoms with Crippen LogP contribution in [0.15, 0.2) is 11.1 Å². The Hall–Kier alpha value is -0.952. The molecule has 0 spiro atoms. The summed E-state index contributed by atoms with van der Waals surface area (Å²) in [5.74, 6) is 0.118. The molecule has 0 saturated heterocycles. The van der Waals surface area contributed by atoms with Crippen molar-refractivity contribution >= 4 is 26.5 Å². The van der Waals surface area contributed by atoms with Crippen LogP contribution in [0.1, 0.15) is 6.92 Å². The van der Waals surface area contributed by atoms with Crippen LogP contribution in [0.25, 0.3) is 11.2 Å². The zero-order valence-electron chi connectivity index (χ0n) is 9.22. The second-order valence-corrected chi connectivity index (χ2v) is 2.65. The molecule has 2 heterocycles. The molecule has 0 aromatic carbocycles. The van der Waals surface area contributed by atoms with Gasteiger partial charge in [0.2, 0.25) is 5.95 Å². The Bertz CT molecular complexity index is 510. The average molecular weight is 444 g/mol. The van der Waals surface area contributed by atoms with E-state index in [4.69, 9.17) is 5.73 Å². The van der Waals surface area contributed by atoms with Gasteiger partial charge in [-0.2, -0.15) is 4.98 Å². The van der Waals surface area contributed by atoms with Gasteiger partial charge in [-0.05, 0) is 6.92 Å². The van der Waals surface area contributed by atoms with Gasteiger partial charge in [0.1, 0.15) is 0 Å². The van der Waals surface area contributed by atoms with Crippen molar-refractivity contribution < 1.29 is 18.8 Å². The van der Waals surface area contributed by atoms with Crippen LogP contribution in [0, 0.1) is 0 Å². The summed E-state index contributed by atoms with van der Waals surface area (Å²) in [6.07, 6.45) is 1.58. The molecule has 9 N–H and O–H groups in total. The minimum absolute atomic E-state index is 0. The Morgan fingerprint density at radius 3 is 2.65 bits per heavy atom. The Labute approximate surface area is 113 Å². The number of aromatic nitrogens is 4. The Kier molecular flexibility index (Phi) is 8.87. The van der Waals surface area contributed by atoms with Gasteiger partial charge in [0.05, 0.1) is 6.33 Å². The van der Waals surface area contributed by atoms with Crippen molar-refractivity contribution in [3.05, 3.63) is 16.7 Å². The molecule has 0 atom stereocenters. The number of imidazole rings is 1. The zero-order valence-corrected chi connectivity index (χ0v) is 12.2. The number of anilines is 1. The number of aryl methyl sites for hydroxylation is 1. The third kappa shape index (κ3) is 3.78. The van der Waals surface area contributed by atoms with Crippen molar-refractivity contribution in [2.24, 2.45) is 0 Å². The SMILES string of the molecule is CCn1cnc2c(=O)[nH]c(N)nc21.N.N.[Cl][Pt+]. The molecule has 17 heavy (non-hydrogen) atoms. The number of nitrogen functional groups attached to an aromatic ring is 1. The van der Waals surface area contributed by atoms with Crippen molar-refractivity contribution in [3.8, 4) is 0 Å². The van der Waals surface area contributed by atoms with Crippen LogP contribution in [-0.2, 0) is 25.3 Å². The molecule has 10 heteroatoms. The molecule has 0 amide bonds. The van der Waals surface area contributed by atoms with Crippen molar-refractivity contribution in [3.63, 3.8) is 0 Å². The summed E-state index contributed by atoms with van der Waals surface area (Å²) < 4.78 is 1.76. The number of halogens is 1. The molecule has 2 aromatic rings. The Morgan fingerprint density at radius 2 is 2.12 bits per heavy atom. The average Bonchev–Trinajstić information content (AvgIpc) is 2.64. The fourth-order valence-corrected chi connectivity index (χ4v) is 1.20. The van der Waals surface area contributed by atoms with E-state index in [1.807, 2.05) is 6.92 Å². The molecule has 0 aliphatic heterocycles. The number of H-pyrrole nitrogens is 1. The van der Waals surface area contributed by atoms with Crippen LogP contribution in [0.5, 0.6) is 0 Å². The van der Waals surface area contributed by atoms with E-state index in [2.05, 4.69) is 24.4 Å². The van der Waals surface area contributed by atoms with E-state index < -0.39 is 0 Å². The summed E-state index contributed by atoms with van der Waals surface area (Å²) in [4.78, 5) is 21.6. The number of aromatic amines is 1. The Morgan fingerprint density at radius 1 is 1.53 bits per heavy atom. The first kappa shape index (κ1) is 18.4. The third-order valence-electron chi connectivity index (χ3n) is 1.83. The molecule has 2 aromatic heterocycles. The van der Waals surface area contributed by atoms with Gasteiger partial charge >= 0.3 is 28.2 Å². The summed E-state index contributed by atoms with van der Waals surface area (Å²) in [5.41, 5.74) is 5.96. The van der Waals surface area contributed by atoms with Gasteiger partial charge < -0.3 is 22.6 Å². The van der Waals surface area contributed by atoms with Crippen LogP contribution < -0.4 is 23.6 Å². The van der Waals surface area contributed by atoms with Crippen LogP contribution in [-0.4, -0.2) is 19.5 Å². The van der Waals surface area contributed by atoms with Crippen molar-refractivity contribution in [1.29, 1.82) is 0 Å². The topological polar surface area (TPSA) is 160 Å². The predicted molar refractivity (Wildman–Crippen MR) is 64.1 cm³/mol. The van der Waals surface area contributed by atoms with Gasteiger partial charge in [0.25, 0.3) is 5.56 Å². The number of nitrogens with one attached hydrogen (secondary N) is 1. The van der Waals surface area contributed by atoms with Gasteiger partial charge in [-0.3, -0.25) is 9.78 Å². The minimum atomic E-state index is -0.297. The first-order chi connectivity index (χ1) is 7.22. The van der Waals surface area contributed by atoms with Crippen LogP contribution >= 0.6 is 9.42 Å². The van der Waals surface area contributed by atoms with Crippen LogP contribution in [0.2, 0.25) is 0 Å². The predicted octanol–water partition coefficient (Wildman–Crippen LogP) is 0.733. The number of fused-ring (bicyclic) bond motifs is 1. The van der Waals surface area contributed by atoms with Crippen molar-refractivity contribution in [2.75, 3.05) is 5.73 Å². The first-order valence-electron chi connectivity index (χ1n) is 4.05. The second kappa shape index (κ2) is 8.19. The molecule has 0 unspecified atom stereocenters. The number of hydrogen-bond acceptors (Lipinski definition) is 6. The normalized spacial score (nSPS) is 8.71. The van der Waals surface area contributed by atoms with Gasteiger partial charge in [0, 0.05) is 6.54 Å².